The molecule has 180 valence electrons. The third-order valence-electron chi connectivity index (χ3n) is 5.50. The molecule has 3 rings (SSSR count). The number of ether oxygens (including phenoxy) is 3. The zero-order chi connectivity index (χ0) is 24.2. The van der Waals surface area contributed by atoms with Crippen molar-refractivity contribution in [2.24, 2.45) is 0 Å². The Morgan fingerprint density at radius 3 is 2.39 bits per heavy atom. The number of benzene rings is 2. The van der Waals surface area contributed by atoms with Gasteiger partial charge in [-0.15, -0.1) is 0 Å². The standard InChI is InChI=1S/C24H32N2O6S/c1-16(2)20-8-6-17(3)14-23(20)32-18(4)24(27)25-21-15-19(7-9-22(21)30-5)33(28,29)26-10-12-31-13-11-26/h6-9,14-16,18H,10-13H2,1-5H3,(H,25,27). The molecule has 0 radical (unpaired) electrons. The van der Waals surface area contributed by atoms with Crippen LogP contribution >= 0.6 is 0 Å². The fourth-order valence-electron chi connectivity index (χ4n) is 3.58. The molecule has 2 aromatic carbocycles. The first-order valence-electron chi connectivity index (χ1n) is 11.0. The van der Waals surface area contributed by atoms with Crippen LogP contribution in [0.15, 0.2) is 41.3 Å². The van der Waals surface area contributed by atoms with Crippen molar-refractivity contribution in [3.8, 4) is 11.5 Å². The van der Waals surface area contributed by atoms with Crippen LogP contribution in [0.2, 0.25) is 0 Å². The lowest BCUT2D eigenvalue weighted by atomic mass is 10.0. The summed E-state index contributed by atoms with van der Waals surface area (Å²) in [5.74, 6) is 0.835. The van der Waals surface area contributed by atoms with Crippen LogP contribution in [0.3, 0.4) is 0 Å². The van der Waals surface area contributed by atoms with Crippen LogP contribution in [0.1, 0.15) is 37.8 Å². The highest BCUT2D eigenvalue weighted by atomic mass is 32.2. The summed E-state index contributed by atoms with van der Waals surface area (Å²) in [7, 11) is -2.26. The molecule has 1 heterocycles. The van der Waals surface area contributed by atoms with E-state index in [-0.39, 0.29) is 29.6 Å². The average Bonchev–Trinajstić information content (AvgIpc) is 2.79. The normalized spacial score (nSPS) is 15.8. The number of rotatable bonds is 8. The lowest BCUT2D eigenvalue weighted by Gasteiger charge is -2.26. The van der Waals surface area contributed by atoms with E-state index in [2.05, 4.69) is 19.2 Å². The highest BCUT2D eigenvalue weighted by Crippen LogP contribution is 2.31. The quantitative estimate of drug-likeness (QED) is 0.626. The van der Waals surface area contributed by atoms with E-state index in [0.717, 1.165) is 11.1 Å². The summed E-state index contributed by atoms with van der Waals surface area (Å²) in [6.45, 7) is 9.03. The number of anilines is 1. The molecule has 0 aliphatic carbocycles. The monoisotopic (exact) mass is 476 g/mol. The van der Waals surface area contributed by atoms with Gasteiger partial charge in [-0.25, -0.2) is 8.42 Å². The molecule has 1 aliphatic heterocycles. The first kappa shape index (κ1) is 25.0. The van der Waals surface area contributed by atoms with Gasteiger partial charge in [0.2, 0.25) is 10.0 Å². The fourth-order valence-corrected chi connectivity index (χ4v) is 5.01. The van der Waals surface area contributed by atoms with Crippen molar-refractivity contribution >= 4 is 21.6 Å². The van der Waals surface area contributed by atoms with Gasteiger partial charge in [0.05, 0.1) is 30.9 Å². The predicted octanol–water partition coefficient (Wildman–Crippen LogP) is 3.55. The van der Waals surface area contributed by atoms with E-state index in [9.17, 15) is 13.2 Å². The Morgan fingerprint density at radius 1 is 1.06 bits per heavy atom. The predicted molar refractivity (Wildman–Crippen MR) is 127 cm³/mol. The number of nitrogens with one attached hydrogen (secondary N) is 1. The first-order valence-corrected chi connectivity index (χ1v) is 12.4. The third kappa shape index (κ3) is 5.85. The van der Waals surface area contributed by atoms with Crippen LogP contribution in [-0.2, 0) is 19.6 Å². The summed E-state index contributed by atoms with van der Waals surface area (Å²) in [6.07, 6.45) is -0.812. The summed E-state index contributed by atoms with van der Waals surface area (Å²) in [5.41, 5.74) is 2.31. The first-order chi connectivity index (χ1) is 15.6. The molecule has 1 fully saturated rings. The molecule has 0 saturated carbocycles. The second-order valence-corrected chi connectivity index (χ2v) is 10.3. The van der Waals surface area contributed by atoms with Gasteiger partial charge in [0.15, 0.2) is 6.10 Å². The SMILES string of the molecule is COc1ccc(S(=O)(=O)N2CCOCC2)cc1NC(=O)C(C)Oc1cc(C)ccc1C(C)C. The van der Waals surface area contributed by atoms with Crippen LogP contribution < -0.4 is 14.8 Å². The molecule has 0 aromatic heterocycles. The summed E-state index contributed by atoms with van der Waals surface area (Å²) < 4.78 is 44.0. The van der Waals surface area contributed by atoms with E-state index in [1.807, 2.05) is 25.1 Å². The van der Waals surface area contributed by atoms with E-state index < -0.39 is 22.0 Å². The highest BCUT2D eigenvalue weighted by molar-refractivity contribution is 7.89. The second kappa shape index (κ2) is 10.5. The van der Waals surface area contributed by atoms with Gasteiger partial charge in [0, 0.05) is 13.1 Å². The Labute approximate surface area is 195 Å². The van der Waals surface area contributed by atoms with Crippen LogP contribution in [-0.4, -0.2) is 58.1 Å². The van der Waals surface area contributed by atoms with Crippen molar-refractivity contribution in [3.63, 3.8) is 0 Å². The van der Waals surface area contributed by atoms with E-state index in [1.165, 1.54) is 29.6 Å². The summed E-state index contributed by atoms with van der Waals surface area (Å²) in [4.78, 5) is 13.0. The van der Waals surface area contributed by atoms with Gasteiger partial charge < -0.3 is 19.5 Å². The van der Waals surface area contributed by atoms with Gasteiger partial charge in [-0.2, -0.15) is 4.31 Å². The number of aryl methyl sites for hydroxylation is 1. The van der Waals surface area contributed by atoms with E-state index in [4.69, 9.17) is 14.2 Å². The molecule has 0 spiro atoms. The molecule has 1 aliphatic rings. The Morgan fingerprint density at radius 2 is 1.76 bits per heavy atom. The van der Waals surface area contributed by atoms with Crippen molar-refractivity contribution in [1.82, 2.24) is 4.31 Å². The highest BCUT2D eigenvalue weighted by Gasteiger charge is 2.28. The average molecular weight is 477 g/mol. The Bertz CT molecular complexity index is 1090. The molecule has 1 saturated heterocycles. The van der Waals surface area contributed by atoms with E-state index in [0.29, 0.717) is 24.7 Å². The Kier molecular flexibility index (Phi) is 7.99. The van der Waals surface area contributed by atoms with Crippen molar-refractivity contribution in [1.29, 1.82) is 0 Å². The minimum Gasteiger partial charge on any atom is -0.495 e. The minimum atomic E-state index is -3.72. The van der Waals surface area contributed by atoms with Crippen molar-refractivity contribution in [2.75, 3.05) is 38.7 Å². The molecular weight excluding hydrogens is 444 g/mol. The van der Waals surface area contributed by atoms with E-state index >= 15 is 0 Å². The molecule has 2 aromatic rings. The Balaban J connectivity index is 1.81. The van der Waals surface area contributed by atoms with E-state index in [1.54, 1.807) is 6.92 Å². The maximum absolute atomic E-state index is 13.0. The number of hydrogen-bond donors (Lipinski definition) is 1. The lowest BCUT2D eigenvalue weighted by Crippen LogP contribution is -2.40. The van der Waals surface area contributed by atoms with Gasteiger partial charge >= 0.3 is 0 Å². The summed E-state index contributed by atoms with van der Waals surface area (Å²) in [6, 6.07) is 10.4. The molecule has 9 heteroatoms. The number of nitrogens with zero attached hydrogens (tertiary/aromatic N) is 1. The molecule has 1 amide bonds. The van der Waals surface area contributed by atoms with Gasteiger partial charge in [-0.05, 0) is 55.2 Å². The third-order valence-corrected chi connectivity index (χ3v) is 7.40. The van der Waals surface area contributed by atoms with Gasteiger partial charge in [0.1, 0.15) is 11.5 Å². The number of morpholine rings is 1. The van der Waals surface area contributed by atoms with Crippen LogP contribution in [0, 0.1) is 6.92 Å². The number of carbonyl (C=O) groups excluding carboxylic acids is 1. The van der Waals surface area contributed by atoms with Gasteiger partial charge in [-0.1, -0.05) is 26.0 Å². The molecule has 1 N–H and O–H groups in total. The minimum absolute atomic E-state index is 0.0786. The summed E-state index contributed by atoms with van der Waals surface area (Å²) in [5, 5.41) is 2.76. The number of amides is 1. The van der Waals surface area contributed by atoms with Crippen LogP contribution in [0.5, 0.6) is 11.5 Å². The lowest BCUT2D eigenvalue weighted by molar-refractivity contribution is -0.122. The molecule has 8 nitrogen and oxygen atoms in total. The number of sulfonamides is 1. The van der Waals surface area contributed by atoms with Gasteiger partial charge in [0.25, 0.3) is 5.91 Å². The number of carbonyl (C=O) groups is 1. The fraction of sp³-hybridized carbons (Fsp3) is 0.458. The smallest absolute Gasteiger partial charge is 0.265 e. The maximum atomic E-state index is 13.0. The number of hydrogen-bond acceptors (Lipinski definition) is 6. The maximum Gasteiger partial charge on any atom is 0.265 e. The largest absolute Gasteiger partial charge is 0.495 e. The van der Waals surface area contributed by atoms with Crippen molar-refractivity contribution in [2.45, 2.75) is 44.6 Å². The van der Waals surface area contributed by atoms with Crippen LogP contribution in [0.25, 0.3) is 0 Å². The molecule has 33 heavy (non-hydrogen) atoms. The molecular formula is C24H32N2O6S. The molecule has 1 unspecified atom stereocenters. The molecule has 0 bridgehead atoms. The topological polar surface area (TPSA) is 94.2 Å². The zero-order valence-electron chi connectivity index (χ0n) is 19.8. The van der Waals surface area contributed by atoms with Gasteiger partial charge in [-0.3, -0.25) is 4.79 Å². The number of methoxy groups -OCH3 is 1. The second-order valence-electron chi connectivity index (χ2n) is 8.32. The van der Waals surface area contributed by atoms with Crippen molar-refractivity contribution < 1.29 is 27.4 Å². The summed E-state index contributed by atoms with van der Waals surface area (Å²) >= 11 is 0. The Hall–Kier alpha value is -2.62. The van der Waals surface area contributed by atoms with Crippen molar-refractivity contribution in [3.05, 3.63) is 47.5 Å². The molecule has 1 atom stereocenters. The zero-order valence-corrected chi connectivity index (χ0v) is 20.6. The van der Waals surface area contributed by atoms with Crippen LogP contribution in [0.4, 0.5) is 5.69 Å².